The molecule has 1 amide bonds. The molecule has 2 heterocycles. The van der Waals surface area contributed by atoms with Crippen LogP contribution in [0.5, 0.6) is 0 Å². The van der Waals surface area contributed by atoms with Crippen LogP contribution in [0, 0.1) is 5.82 Å². The van der Waals surface area contributed by atoms with E-state index in [0.29, 0.717) is 38.5 Å². The summed E-state index contributed by atoms with van der Waals surface area (Å²) in [5.74, 6) is -3.35. The van der Waals surface area contributed by atoms with Gasteiger partial charge in [-0.1, -0.05) is 6.07 Å². The van der Waals surface area contributed by atoms with Gasteiger partial charge in [-0.15, -0.1) is 23.1 Å². The number of carbonyl (C=O) groups is 4. The lowest BCUT2D eigenvalue weighted by molar-refractivity contribution is -0.159. The number of benzene rings is 1. The van der Waals surface area contributed by atoms with Crippen molar-refractivity contribution in [1.82, 2.24) is 9.80 Å². The van der Waals surface area contributed by atoms with Crippen molar-refractivity contribution < 1.29 is 33.8 Å². The minimum absolute atomic E-state index is 0.0820. The van der Waals surface area contributed by atoms with Crippen LogP contribution in [0.1, 0.15) is 9.67 Å². The number of amides is 1. The van der Waals surface area contributed by atoms with Crippen molar-refractivity contribution in [2.24, 2.45) is 0 Å². The molecule has 166 valence electrons. The predicted octanol–water partition coefficient (Wildman–Crippen LogP) is 2.16. The molecule has 0 aliphatic carbocycles. The van der Waals surface area contributed by atoms with Gasteiger partial charge in [-0.05, 0) is 35.7 Å². The Bertz CT molecular complexity index is 885. The van der Waals surface area contributed by atoms with Crippen molar-refractivity contribution in [2.75, 3.05) is 38.5 Å². The van der Waals surface area contributed by atoms with Gasteiger partial charge in [0.05, 0.1) is 17.2 Å². The summed E-state index contributed by atoms with van der Waals surface area (Å²) in [6.07, 6.45) is 0. The lowest BCUT2D eigenvalue weighted by Crippen LogP contribution is -2.50. The number of aliphatic carboxylic acids is 2. The smallest absolute Gasteiger partial charge is 0.414 e. The van der Waals surface area contributed by atoms with Gasteiger partial charge in [-0.2, -0.15) is 0 Å². The number of piperazine rings is 1. The highest BCUT2D eigenvalue weighted by Gasteiger charge is 2.23. The highest BCUT2D eigenvalue weighted by atomic mass is 32.2. The molecule has 0 radical (unpaired) electrons. The Kier molecular flexibility index (Phi) is 9.63. The second kappa shape index (κ2) is 12.2. The molecule has 1 aromatic heterocycles. The van der Waals surface area contributed by atoms with Gasteiger partial charge in [0.2, 0.25) is 5.91 Å². The Hall–Kier alpha value is -2.76. The Morgan fingerprint density at radius 2 is 1.58 bits per heavy atom. The number of hydrogen-bond donors (Lipinski definition) is 2. The highest BCUT2D eigenvalue weighted by molar-refractivity contribution is 8.00. The summed E-state index contributed by atoms with van der Waals surface area (Å²) < 4.78 is 12.9. The second-order valence-electron chi connectivity index (χ2n) is 6.41. The number of carbonyl (C=O) groups excluding carboxylic acids is 2. The largest absolute Gasteiger partial charge is 0.473 e. The molecular formula is C20H21FN2O6S2. The van der Waals surface area contributed by atoms with Crippen LogP contribution in [0.15, 0.2) is 46.7 Å². The van der Waals surface area contributed by atoms with Gasteiger partial charge in [0.25, 0.3) is 0 Å². The maximum Gasteiger partial charge on any atom is 0.414 e. The number of thioether (sulfide) groups is 1. The Balaban J connectivity index is 0.000000501. The van der Waals surface area contributed by atoms with E-state index < -0.39 is 11.9 Å². The van der Waals surface area contributed by atoms with E-state index in [1.807, 2.05) is 22.4 Å². The number of Topliss-reactive ketones (excluding diaryl/α,β-unsaturated/α-hetero) is 1. The summed E-state index contributed by atoms with van der Waals surface area (Å²) in [7, 11) is 0. The molecule has 8 nitrogen and oxygen atoms in total. The van der Waals surface area contributed by atoms with Gasteiger partial charge >= 0.3 is 11.9 Å². The molecule has 1 aliphatic heterocycles. The van der Waals surface area contributed by atoms with E-state index in [1.54, 1.807) is 12.1 Å². The molecule has 0 unspecified atom stereocenters. The number of halogens is 1. The number of nitrogens with zero attached hydrogens (tertiary/aromatic N) is 2. The molecule has 0 atom stereocenters. The first-order valence-corrected chi connectivity index (χ1v) is 11.0. The molecule has 3 rings (SSSR count). The Labute approximate surface area is 186 Å². The maximum atomic E-state index is 12.9. The fourth-order valence-corrected chi connectivity index (χ4v) is 4.10. The molecule has 11 heteroatoms. The normalized spacial score (nSPS) is 13.8. The standard InChI is InChI=1S/C18H19FN2O2S2.C2H2O4/c19-14-3-5-15(6-4-14)25-13-18(23)21-9-7-20(8-10-21)12-16(22)17-2-1-11-24-17;3-1(4)2(5)6/h1-6,11H,7-10,12-13H2;(H,3,4)(H,5,6). The van der Waals surface area contributed by atoms with Crippen LogP contribution in [0.25, 0.3) is 0 Å². The topological polar surface area (TPSA) is 115 Å². The fourth-order valence-electron chi connectivity index (χ4n) is 2.64. The van der Waals surface area contributed by atoms with Crippen molar-refractivity contribution in [3.05, 3.63) is 52.5 Å². The summed E-state index contributed by atoms with van der Waals surface area (Å²) in [5, 5.41) is 16.7. The van der Waals surface area contributed by atoms with E-state index >= 15 is 0 Å². The summed E-state index contributed by atoms with van der Waals surface area (Å²) in [4.78, 5) is 48.2. The molecule has 1 aliphatic rings. The van der Waals surface area contributed by atoms with Crippen LogP contribution in [-0.2, 0) is 14.4 Å². The minimum atomic E-state index is -1.82. The molecule has 0 bridgehead atoms. The first-order valence-electron chi connectivity index (χ1n) is 9.17. The van der Waals surface area contributed by atoms with Crippen LogP contribution in [0.4, 0.5) is 4.39 Å². The average molecular weight is 469 g/mol. The van der Waals surface area contributed by atoms with E-state index in [0.717, 1.165) is 9.77 Å². The zero-order valence-corrected chi connectivity index (χ0v) is 18.0. The van der Waals surface area contributed by atoms with E-state index in [1.165, 1.54) is 35.2 Å². The lowest BCUT2D eigenvalue weighted by Gasteiger charge is -2.34. The van der Waals surface area contributed by atoms with Crippen molar-refractivity contribution in [3.8, 4) is 0 Å². The number of ketones is 1. The van der Waals surface area contributed by atoms with Crippen molar-refractivity contribution >= 4 is 46.7 Å². The predicted molar refractivity (Wildman–Crippen MR) is 114 cm³/mol. The van der Waals surface area contributed by atoms with Crippen LogP contribution in [0.2, 0.25) is 0 Å². The zero-order valence-electron chi connectivity index (χ0n) is 16.4. The van der Waals surface area contributed by atoms with E-state index in [9.17, 15) is 14.0 Å². The molecule has 2 N–H and O–H groups in total. The van der Waals surface area contributed by atoms with E-state index in [-0.39, 0.29) is 17.5 Å². The summed E-state index contributed by atoms with van der Waals surface area (Å²) in [6, 6.07) is 9.89. The number of carboxylic acid groups (broad SMARTS) is 2. The molecular weight excluding hydrogens is 447 g/mol. The van der Waals surface area contributed by atoms with Gasteiger partial charge in [0, 0.05) is 31.1 Å². The SMILES string of the molecule is O=C(CN1CCN(C(=O)CSc2ccc(F)cc2)CC1)c1cccs1.O=C(O)C(=O)O. The minimum Gasteiger partial charge on any atom is -0.473 e. The number of carboxylic acids is 2. The van der Waals surface area contributed by atoms with Crippen molar-refractivity contribution in [1.29, 1.82) is 0 Å². The number of hydrogen-bond acceptors (Lipinski definition) is 7. The lowest BCUT2D eigenvalue weighted by atomic mass is 10.2. The Morgan fingerprint density at radius 3 is 2.10 bits per heavy atom. The van der Waals surface area contributed by atoms with Gasteiger partial charge in [0.15, 0.2) is 5.78 Å². The summed E-state index contributed by atoms with van der Waals surface area (Å²) in [6.45, 7) is 3.11. The monoisotopic (exact) mass is 468 g/mol. The third-order valence-electron chi connectivity index (χ3n) is 4.25. The molecule has 2 aromatic rings. The average Bonchev–Trinajstić information content (AvgIpc) is 3.29. The molecule has 0 saturated carbocycles. The number of thiophene rings is 1. The van der Waals surface area contributed by atoms with Crippen molar-refractivity contribution in [2.45, 2.75) is 4.90 Å². The fraction of sp³-hybridized carbons (Fsp3) is 0.300. The molecule has 0 spiro atoms. The van der Waals surface area contributed by atoms with Crippen molar-refractivity contribution in [3.63, 3.8) is 0 Å². The summed E-state index contributed by atoms with van der Waals surface area (Å²) >= 11 is 2.88. The highest BCUT2D eigenvalue weighted by Crippen LogP contribution is 2.19. The van der Waals surface area contributed by atoms with Gasteiger partial charge < -0.3 is 15.1 Å². The van der Waals surface area contributed by atoms with E-state index in [4.69, 9.17) is 19.8 Å². The van der Waals surface area contributed by atoms with Crippen LogP contribution in [0.3, 0.4) is 0 Å². The van der Waals surface area contributed by atoms with Gasteiger partial charge in [-0.3, -0.25) is 14.5 Å². The van der Waals surface area contributed by atoms with Crippen LogP contribution >= 0.6 is 23.1 Å². The van der Waals surface area contributed by atoms with Gasteiger partial charge in [0.1, 0.15) is 5.82 Å². The molecule has 1 fully saturated rings. The second-order valence-corrected chi connectivity index (χ2v) is 8.41. The molecule has 1 saturated heterocycles. The van der Waals surface area contributed by atoms with Crippen LogP contribution in [-0.4, -0.2) is 82.1 Å². The molecule has 31 heavy (non-hydrogen) atoms. The Morgan fingerprint density at radius 1 is 0.968 bits per heavy atom. The maximum absolute atomic E-state index is 12.9. The first kappa shape index (κ1) is 24.5. The van der Waals surface area contributed by atoms with E-state index in [2.05, 4.69) is 4.90 Å². The summed E-state index contributed by atoms with van der Waals surface area (Å²) in [5.41, 5.74) is 0. The quantitative estimate of drug-likeness (QED) is 0.377. The van der Waals surface area contributed by atoms with Crippen LogP contribution < -0.4 is 0 Å². The molecule has 1 aromatic carbocycles. The third-order valence-corrected chi connectivity index (χ3v) is 6.15. The first-order chi connectivity index (χ1) is 14.8. The number of rotatable bonds is 6. The zero-order chi connectivity index (χ0) is 22.8. The van der Waals surface area contributed by atoms with Gasteiger partial charge in [-0.25, -0.2) is 14.0 Å². The third kappa shape index (κ3) is 8.48.